The zero-order chi connectivity index (χ0) is 38.9. The summed E-state index contributed by atoms with van der Waals surface area (Å²) in [6.07, 6.45) is 44.1. The fourth-order valence-electron chi connectivity index (χ4n) is 7.25. The van der Waals surface area contributed by atoms with E-state index in [1.54, 1.807) is 0 Å². The maximum Gasteiger partial charge on any atom is 0.306 e. The van der Waals surface area contributed by atoms with Gasteiger partial charge in [-0.15, -0.1) is 0 Å². The molecule has 0 heterocycles. The summed E-state index contributed by atoms with van der Waals surface area (Å²) >= 11 is 0. The van der Waals surface area contributed by atoms with Crippen LogP contribution in [0, 0.1) is 0 Å². The average molecular weight is 750 g/mol. The second kappa shape index (κ2) is 41.8. The van der Waals surface area contributed by atoms with E-state index in [0.29, 0.717) is 19.3 Å². The number of aliphatic hydroxyl groups excluding tert-OH is 2. The van der Waals surface area contributed by atoms with Crippen molar-refractivity contribution in [3.63, 3.8) is 0 Å². The van der Waals surface area contributed by atoms with E-state index < -0.39 is 18.2 Å². The van der Waals surface area contributed by atoms with Crippen LogP contribution in [0.2, 0.25) is 0 Å². The molecule has 53 heavy (non-hydrogen) atoms. The molecule has 0 aliphatic heterocycles. The summed E-state index contributed by atoms with van der Waals surface area (Å²) in [6, 6.07) is -0.695. The van der Waals surface area contributed by atoms with Gasteiger partial charge in [0.15, 0.2) is 0 Å². The Balaban J connectivity index is 4.57. The van der Waals surface area contributed by atoms with Crippen LogP contribution >= 0.6 is 0 Å². The molecule has 3 unspecified atom stereocenters. The summed E-state index contributed by atoms with van der Waals surface area (Å²) in [5.41, 5.74) is 0. The standard InChI is InChI=1S/C47H91NO5/c1-4-7-10-13-16-19-21-22-23-24-25-27-29-32-35-38-43(53-47(52)40-37-34-31-26-18-15-12-9-6-3)41-46(51)48-44(42-49)45(50)39-36-33-30-28-20-17-14-11-8-5-2/h22-23,43-45,49-50H,4-21,24-42H2,1-3H3,(H,48,51)/b23-22+. The number of allylic oxidation sites excluding steroid dienone is 2. The Hall–Kier alpha value is -1.40. The van der Waals surface area contributed by atoms with Gasteiger partial charge in [0.1, 0.15) is 6.10 Å². The van der Waals surface area contributed by atoms with E-state index in [1.807, 2.05) is 0 Å². The van der Waals surface area contributed by atoms with Gasteiger partial charge < -0.3 is 20.3 Å². The Morgan fingerprint density at radius 3 is 1.34 bits per heavy atom. The molecule has 0 rings (SSSR count). The van der Waals surface area contributed by atoms with Crippen molar-refractivity contribution in [1.29, 1.82) is 0 Å². The van der Waals surface area contributed by atoms with Gasteiger partial charge in [0.05, 0.1) is 25.2 Å². The summed E-state index contributed by atoms with van der Waals surface area (Å²) in [5.74, 6) is -0.474. The highest BCUT2D eigenvalue weighted by atomic mass is 16.5. The molecule has 0 aromatic carbocycles. The SMILES string of the molecule is CCCCCCCC/C=C/CCCCCCCC(CC(=O)NC(CO)C(O)CCCCCCCCCCCC)OC(=O)CCCCCCCCCCC. The van der Waals surface area contributed by atoms with E-state index in [9.17, 15) is 19.8 Å². The molecule has 0 bridgehead atoms. The molecule has 3 atom stereocenters. The van der Waals surface area contributed by atoms with E-state index >= 15 is 0 Å². The Kier molecular flexibility index (Phi) is 40.7. The maximum atomic E-state index is 13.1. The molecule has 0 fully saturated rings. The van der Waals surface area contributed by atoms with Gasteiger partial charge in [-0.25, -0.2) is 0 Å². The molecule has 0 aliphatic carbocycles. The molecule has 1 amide bonds. The largest absolute Gasteiger partial charge is 0.462 e. The van der Waals surface area contributed by atoms with Crippen LogP contribution in [0.25, 0.3) is 0 Å². The van der Waals surface area contributed by atoms with Crippen LogP contribution < -0.4 is 5.32 Å². The number of nitrogens with one attached hydrogen (secondary N) is 1. The molecule has 6 heteroatoms. The highest BCUT2D eigenvalue weighted by Crippen LogP contribution is 2.18. The molecule has 0 aromatic heterocycles. The van der Waals surface area contributed by atoms with Crippen LogP contribution in [0.5, 0.6) is 0 Å². The lowest BCUT2D eigenvalue weighted by Crippen LogP contribution is -2.46. The lowest BCUT2D eigenvalue weighted by atomic mass is 10.0. The average Bonchev–Trinajstić information content (AvgIpc) is 3.15. The van der Waals surface area contributed by atoms with Gasteiger partial charge in [-0.3, -0.25) is 9.59 Å². The molecule has 0 radical (unpaired) electrons. The predicted molar refractivity (Wildman–Crippen MR) is 227 cm³/mol. The highest BCUT2D eigenvalue weighted by Gasteiger charge is 2.24. The van der Waals surface area contributed by atoms with Crippen LogP contribution in [-0.4, -0.2) is 46.9 Å². The zero-order valence-electron chi connectivity index (χ0n) is 35.7. The summed E-state index contributed by atoms with van der Waals surface area (Å²) in [7, 11) is 0. The lowest BCUT2D eigenvalue weighted by Gasteiger charge is -2.24. The fraction of sp³-hybridized carbons (Fsp3) is 0.915. The maximum absolute atomic E-state index is 13.1. The van der Waals surface area contributed by atoms with Crippen molar-refractivity contribution in [1.82, 2.24) is 5.32 Å². The first-order valence-corrected chi connectivity index (χ1v) is 23.4. The first kappa shape index (κ1) is 51.6. The van der Waals surface area contributed by atoms with Crippen LogP contribution in [0.3, 0.4) is 0 Å². The van der Waals surface area contributed by atoms with Gasteiger partial charge in [-0.1, -0.05) is 200 Å². The second-order valence-corrected chi connectivity index (χ2v) is 16.2. The Morgan fingerprint density at radius 1 is 0.528 bits per heavy atom. The second-order valence-electron chi connectivity index (χ2n) is 16.2. The summed E-state index contributed by atoms with van der Waals surface area (Å²) < 4.78 is 5.89. The van der Waals surface area contributed by atoms with Crippen LogP contribution in [0.1, 0.15) is 252 Å². The highest BCUT2D eigenvalue weighted by molar-refractivity contribution is 5.77. The molecule has 314 valence electrons. The van der Waals surface area contributed by atoms with Crippen molar-refractivity contribution in [3.8, 4) is 0 Å². The smallest absolute Gasteiger partial charge is 0.306 e. The number of hydrogen-bond acceptors (Lipinski definition) is 5. The summed E-state index contributed by atoms with van der Waals surface area (Å²) in [5, 5.41) is 23.6. The normalized spacial score (nSPS) is 13.4. The Labute approximate surface area is 329 Å². The predicted octanol–water partition coefficient (Wildman–Crippen LogP) is 13.4. The van der Waals surface area contributed by atoms with Crippen molar-refractivity contribution in [2.45, 2.75) is 270 Å². The Morgan fingerprint density at radius 2 is 0.906 bits per heavy atom. The molecule has 6 nitrogen and oxygen atoms in total. The third-order valence-corrected chi connectivity index (χ3v) is 10.8. The van der Waals surface area contributed by atoms with Crippen molar-refractivity contribution in [2.75, 3.05) is 6.61 Å². The van der Waals surface area contributed by atoms with Gasteiger partial charge in [0, 0.05) is 6.42 Å². The minimum absolute atomic E-state index is 0.0778. The third-order valence-electron chi connectivity index (χ3n) is 10.8. The number of amides is 1. The lowest BCUT2D eigenvalue weighted by molar-refractivity contribution is -0.151. The quantitative estimate of drug-likeness (QED) is 0.0328. The first-order valence-electron chi connectivity index (χ1n) is 23.4. The number of hydrogen-bond donors (Lipinski definition) is 3. The number of carbonyl (C=O) groups is 2. The first-order chi connectivity index (χ1) is 26.0. The molecule has 0 aromatic rings. The molecule has 0 spiro atoms. The summed E-state index contributed by atoms with van der Waals surface area (Å²) in [4.78, 5) is 25.9. The number of unbranched alkanes of at least 4 members (excludes halogenated alkanes) is 28. The van der Waals surface area contributed by atoms with Crippen molar-refractivity contribution in [2.24, 2.45) is 0 Å². The number of ether oxygens (including phenoxy) is 1. The third kappa shape index (κ3) is 37.3. The van der Waals surface area contributed by atoms with Gasteiger partial charge >= 0.3 is 5.97 Å². The number of esters is 1. The monoisotopic (exact) mass is 750 g/mol. The van der Waals surface area contributed by atoms with E-state index in [4.69, 9.17) is 4.74 Å². The van der Waals surface area contributed by atoms with Crippen molar-refractivity contribution in [3.05, 3.63) is 12.2 Å². The molecule has 3 N–H and O–H groups in total. The molecular formula is C47H91NO5. The van der Waals surface area contributed by atoms with Gasteiger partial charge in [-0.05, 0) is 51.4 Å². The van der Waals surface area contributed by atoms with Crippen LogP contribution in [0.15, 0.2) is 12.2 Å². The fourth-order valence-corrected chi connectivity index (χ4v) is 7.25. The zero-order valence-corrected chi connectivity index (χ0v) is 35.7. The minimum Gasteiger partial charge on any atom is -0.462 e. The van der Waals surface area contributed by atoms with Crippen molar-refractivity contribution >= 4 is 11.9 Å². The number of carbonyl (C=O) groups excluding carboxylic acids is 2. The van der Waals surface area contributed by atoms with Gasteiger partial charge in [0.25, 0.3) is 0 Å². The topological polar surface area (TPSA) is 95.9 Å². The van der Waals surface area contributed by atoms with E-state index in [2.05, 4.69) is 38.2 Å². The van der Waals surface area contributed by atoms with Crippen molar-refractivity contribution < 1.29 is 24.5 Å². The van der Waals surface area contributed by atoms with Crippen LogP contribution in [0.4, 0.5) is 0 Å². The number of aliphatic hydroxyl groups is 2. The van der Waals surface area contributed by atoms with Gasteiger partial charge in [0.2, 0.25) is 5.91 Å². The molecular weight excluding hydrogens is 659 g/mol. The van der Waals surface area contributed by atoms with Gasteiger partial charge in [-0.2, -0.15) is 0 Å². The number of rotatable bonds is 42. The minimum atomic E-state index is -0.781. The molecule has 0 aliphatic rings. The molecule has 0 saturated carbocycles. The van der Waals surface area contributed by atoms with E-state index in [-0.39, 0.29) is 24.9 Å². The van der Waals surface area contributed by atoms with Crippen LogP contribution in [-0.2, 0) is 14.3 Å². The van der Waals surface area contributed by atoms with E-state index in [1.165, 1.54) is 148 Å². The summed E-state index contributed by atoms with van der Waals surface area (Å²) in [6.45, 7) is 6.45. The molecule has 0 saturated heterocycles. The Bertz CT molecular complexity index is 802. The van der Waals surface area contributed by atoms with E-state index in [0.717, 1.165) is 57.8 Å².